The number of hydrogen-bond acceptors (Lipinski definition) is 4. The first-order valence-electron chi connectivity index (χ1n) is 7.45. The van der Waals surface area contributed by atoms with Crippen LogP contribution in [0.5, 0.6) is 0 Å². The fourth-order valence-corrected chi connectivity index (χ4v) is 3.45. The van der Waals surface area contributed by atoms with Gasteiger partial charge in [0.25, 0.3) is 0 Å². The fraction of sp³-hybridized carbons (Fsp3) is 1.00. The minimum absolute atomic E-state index is 0.329. The molecule has 0 spiro atoms. The summed E-state index contributed by atoms with van der Waals surface area (Å²) in [6, 6.07) is 1.30. The molecule has 0 aromatic heterocycles. The predicted octanol–water partition coefficient (Wildman–Crippen LogP) is 0.848. The molecule has 106 valence electrons. The predicted molar refractivity (Wildman–Crippen MR) is 72.7 cm³/mol. The number of aliphatic hydroxyl groups is 1. The molecule has 4 heteroatoms. The number of aliphatic hydroxyl groups excluding tert-OH is 1. The Morgan fingerprint density at radius 3 is 3.06 bits per heavy atom. The number of likely N-dealkylation sites (tertiary alicyclic amines) is 1. The smallest absolute Gasteiger partial charge is 0.0521 e. The fourth-order valence-electron chi connectivity index (χ4n) is 3.45. The molecule has 18 heavy (non-hydrogen) atoms. The van der Waals surface area contributed by atoms with E-state index >= 15 is 0 Å². The molecule has 0 aromatic carbocycles. The minimum Gasteiger partial charge on any atom is -0.396 e. The summed E-state index contributed by atoms with van der Waals surface area (Å²) in [4.78, 5) is 2.62. The van der Waals surface area contributed by atoms with Crippen molar-refractivity contribution in [1.82, 2.24) is 10.2 Å². The molecule has 0 amide bonds. The van der Waals surface area contributed by atoms with E-state index in [1.54, 1.807) is 0 Å². The second-order valence-electron chi connectivity index (χ2n) is 5.68. The maximum absolute atomic E-state index is 8.97. The molecule has 0 bridgehead atoms. The molecule has 2 saturated heterocycles. The van der Waals surface area contributed by atoms with Crippen LogP contribution in [-0.4, -0.2) is 62.0 Å². The number of ether oxygens (including phenoxy) is 1. The molecule has 2 N–H and O–H groups in total. The molecular weight excluding hydrogens is 228 g/mol. The zero-order valence-electron chi connectivity index (χ0n) is 11.6. The first-order chi connectivity index (χ1) is 8.85. The van der Waals surface area contributed by atoms with Gasteiger partial charge in [0, 0.05) is 37.8 Å². The van der Waals surface area contributed by atoms with E-state index in [2.05, 4.69) is 17.3 Å². The number of nitrogens with zero attached hydrogens (tertiary/aromatic N) is 1. The Balaban J connectivity index is 1.82. The third kappa shape index (κ3) is 3.67. The van der Waals surface area contributed by atoms with Crippen LogP contribution in [-0.2, 0) is 4.74 Å². The van der Waals surface area contributed by atoms with Crippen molar-refractivity contribution in [2.75, 3.05) is 40.0 Å². The third-order valence-electron chi connectivity index (χ3n) is 4.51. The van der Waals surface area contributed by atoms with E-state index in [1.807, 2.05) is 0 Å². The first kappa shape index (κ1) is 14.3. The molecule has 4 nitrogen and oxygen atoms in total. The normalized spacial score (nSPS) is 34.0. The Bertz CT molecular complexity index is 238. The second kappa shape index (κ2) is 7.43. The van der Waals surface area contributed by atoms with Gasteiger partial charge in [0.2, 0.25) is 0 Å². The Hall–Kier alpha value is -0.160. The van der Waals surface area contributed by atoms with E-state index in [9.17, 15) is 0 Å². The van der Waals surface area contributed by atoms with Crippen molar-refractivity contribution in [2.45, 2.75) is 44.2 Å². The minimum atomic E-state index is 0.329. The van der Waals surface area contributed by atoms with Gasteiger partial charge >= 0.3 is 0 Å². The van der Waals surface area contributed by atoms with Crippen LogP contribution in [0, 0.1) is 5.92 Å². The third-order valence-corrected chi connectivity index (χ3v) is 4.51. The van der Waals surface area contributed by atoms with Crippen molar-refractivity contribution < 1.29 is 9.84 Å². The van der Waals surface area contributed by atoms with Crippen molar-refractivity contribution >= 4 is 0 Å². The highest BCUT2D eigenvalue weighted by molar-refractivity contribution is 4.86. The van der Waals surface area contributed by atoms with Crippen LogP contribution in [0.3, 0.4) is 0 Å². The summed E-state index contributed by atoms with van der Waals surface area (Å²) in [5, 5.41) is 12.4. The van der Waals surface area contributed by atoms with Crippen LogP contribution in [0.15, 0.2) is 0 Å². The molecule has 2 heterocycles. The van der Waals surface area contributed by atoms with Crippen molar-refractivity contribution in [3.63, 3.8) is 0 Å². The summed E-state index contributed by atoms with van der Waals surface area (Å²) in [5.41, 5.74) is 0. The number of rotatable bonds is 6. The summed E-state index contributed by atoms with van der Waals surface area (Å²) in [5.74, 6) is 0.624. The first-order valence-corrected chi connectivity index (χ1v) is 7.45. The average molecular weight is 256 g/mol. The topological polar surface area (TPSA) is 44.7 Å². The highest BCUT2D eigenvalue weighted by atomic mass is 16.5. The second-order valence-corrected chi connectivity index (χ2v) is 5.68. The molecule has 2 aliphatic rings. The van der Waals surface area contributed by atoms with E-state index in [-0.39, 0.29) is 0 Å². The largest absolute Gasteiger partial charge is 0.396 e. The molecule has 3 atom stereocenters. The van der Waals surface area contributed by atoms with Gasteiger partial charge in [-0.3, -0.25) is 4.90 Å². The molecule has 2 fully saturated rings. The summed E-state index contributed by atoms with van der Waals surface area (Å²) in [6.45, 7) is 4.51. The standard InChI is InChI=1S/C14H28N2O2/c1-15-14-6-9-18-11-12(14)10-16-7-2-4-13(16)5-3-8-17/h12-15,17H,2-11H2,1H3. The Labute approximate surface area is 111 Å². The maximum Gasteiger partial charge on any atom is 0.0521 e. The van der Waals surface area contributed by atoms with Gasteiger partial charge in [-0.25, -0.2) is 0 Å². The van der Waals surface area contributed by atoms with E-state index in [0.717, 1.165) is 39.0 Å². The Kier molecular flexibility index (Phi) is 5.89. The lowest BCUT2D eigenvalue weighted by molar-refractivity contribution is 0.0159. The number of hydrogen-bond donors (Lipinski definition) is 2. The molecule has 2 aliphatic heterocycles. The van der Waals surface area contributed by atoms with Gasteiger partial charge in [-0.2, -0.15) is 0 Å². The summed E-state index contributed by atoms with van der Waals surface area (Å²) in [7, 11) is 2.07. The zero-order valence-corrected chi connectivity index (χ0v) is 11.6. The van der Waals surface area contributed by atoms with Gasteiger partial charge in [-0.05, 0) is 45.7 Å². The lowest BCUT2D eigenvalue weighted by Gasteiger charge is -2.36. The van der Waals surface area contributed by atoms with E-state index < -0.39 is 0 Å². The van der Waals surface area contributed by atoms with E-state index in [4.69, 9.17) is 9.84 Å². The lowest BCUT2D eigenvalue weighted by atomic mass is 9.94. The SMILES string of the molecule is CNC1CCOCC1CN1CCCC1CCCO. The van der Waals surface area contributed by atoms with Crippen LogP contribution in [0.25, 0.3) is 0 Å². The van der Waals surface area contributed by atoms with Crippen molar-refractivity contribution in [3.8, 4) is 0 Å². The average Bonchev–Trinajstić information content (AvgIpc) is 2.84. The van der Waals surface area contributed by atoms with Crippen LogP contribution >= 0.6 is 0 Å². The maximum atomic E-state index is 8.97. The summed E-state index contributed by atoms with van der Waals surface area (Å²) in [6.07, 6.45) is 5.84. The van der Waals surface area contributed by atoms with E-state index in [0.29, 0.717) is 24.6 Å². The monoisotopic (exact) mass is 256 g/mol. The van der Waals surface area contributed by atoms with Gasteiger partial charge in [0.15, 0.2) is 0 Å². The van der Waals surface area contributed by atoms with E-state index in [1.165, 1.54) is 19.4 Å². The Morgan fingerprint density at radius 1 is 1.39 bits per heavy atom. The van der Waals surface area contributed by atoms with Crippen molar-refractivity contribution in [2.24, 2.45) is 5.92 Å². The van der Waals surface area contributed by atoms with Crippen molar-refractivity contribution in [1.29, 1.82) is 0 Å². The van der Waals surface area contributed by atoms with Gasteiger partial charge in [0.05, 0.1) is 6.61 Å². The molecule has 0 aromatic rings. The Morgan fingerprint density at radius 2 is 2.28 bits per heavy atom. The van der Waals surface area contributed by atoms with Gasteiger partial charge in [-0.15, -0.1) is 0 Å². The highest BCUT2D eigenvalue weighted by Crippen LogP contribution is 2.25. The molecule has 0 aliphatic carbocycles. The molecule has 2 rings (SSSR count). The summed E-state index contributed by atoms with van der Waals surface area (Å²) >= 11 is 0. The van der Waals surface area contributed by atoms with Gasteiger partial charge < -0.3 is 15.2 Å². The van der Waals surface area contributed by atoms with Crippen LogP contribution in [0.4, 0.5) is 0 Å². The molecule has 0 radical (unpaired) electrons. The number of nitrogens with one attached hydrogen (secondary N) is 1. The van der Waals surface area contributed by atoms with Gasteiger partial charge in [0.1, 0.15) is 0 Å². The van der Waals surface area contributed by atoms with Crippen LogP contribution in [0.2, 0.25) is 0 Å². The van der Waals surface area contributed by atoms with Crippen molar-refractivity contribution in [3.05, 3.63) is 0 Å². The highest BCUT2D eigenvalue weighted by Gasteiger charge is 2.31. The lowest BCUT2D eigenvalue weighted by Crippen LogP contribution is -2.47. The molecular formula is C14H28N2O2. The molecule has 0 saturated carbocycles. The van der Waals surface area contributed by atoms with Gasteiger partial charge in [-0.1, -0.05) is 0 Å². The quantitative estimate of drug-likeness (QED) is 0.739. The summed E-state index contributed by atoms with van der Waals surface area (Å²) < 4.78 is 5.63. The zero-order chi connectivity index (χ0) is 12.8. The van der Waals surface area contributed by atoms with Crippen LogP contribution < -0.4 is 5.32 Å². The molecule has 3 unspecified atom stereocenters. The van der Waals surface area contributed by atoms with Crippen LogP contribution in [0.1, 0.15) is 32.1 Å².